The molecule has 0 bridgehead atoms. The lowest BCUT2D eigenvalue weighted by Crippen LogP contribution is -2.22. The van der Waals surface area contributed by atoms with Crippen molar-refractivity contribution in [2.75, 3.05) is 0 Å². The van der Waals surface area contributed by atoms with Gasteiger partial charge in [-0.3, -0.25) is 10.0 Å². The van der Waals surface area contributed by atoms with Crippen molar-refractivity contribution in [2.24, 2.45) is 17.0 Å². The average Bonchev–Trinajstić information content (AvgIpc) is 3.12. The summed E-state index contributed by atoms with van der Waals surface area (Å²) in [6.07, 6.45) is 0.209. The van der Waals surface area contributed by atoms with Crippen molar-refractivity contribution in [3.63, 3.8) is 0 Å². The van der Waals surface area contributed by atoms with Crippen molar-refractivity contribution >= 4 is 11.6 Å². The number of carbonyl (C=O) groups excluding carboxylic acids is 1. The van der Waals surface area contributed by atoms with Gasteiger partial charge in [-0.05, 0) is 56.1 Å². The first-order chi connectivity index (χ1) is 16.2. The van der Waals surface area contributed by atoms with E-state index in [9.17, 15) is 33.4 Å². The number of hydrogen-bond donors (Lipinski definition) is 5. The number of nitrogens with one attached hydrogen (secondary N) is 1. The van der Waals surface area contributed by atoms with E-state index in [1.54, 1.807) is 11.5 Å². The van der Waals surface area contributed by atoms with Gasteiger partial charge in [0.2, 0.25) is 5.91 Å². The number of nitrogens with zero attached hydrogens (tertiary/aromatic N) is 1. The van der Waals surface area contributed by atoms with Crippen LogP contribution in [0.25, 0.3) is 0 Å². The van der Waals surface area contributed by atoms with Crippen LogP contribution in [-0.4, -0.2) is 44.5 Å². The molecule has 34 heavy (non-hydrogen) atoms. The van der Waals surface area contributed by atoms with Crippen LogP contribution in [0.1, 0.15) is 75.3 Å². The second-order valence-corrected chi connectivity index (χ2v) is 9.09. The topological polar surface area (TPSA) is 122 Å². The fourth-order valence-corrected chi connectivity index (χ4v) is 4.75. The van der Waals surface area contributed by atoms with Crippen molar-refractivity contribution in [3.05, 3.63) is 35.4 Å². The molecule has 1 aliphatic carbocycles. The summed E-state index contributed by atoms with van der Waals surface area (Å²) in [6, 6.07) is 5.09. The molecule has 4 unspecified atom stereocenters. The van der Waals surface area contributed by atoms with E-state index in [1.165, 1.54) is 6.07 Å². The van der Waals surface area contributed by atoms with Crippen LogP contribution in [0.3, 0.4) is 0 Å². The first-order valence-electron chi connectivity index (χ1n) is 11.8. The smallest absolute Gasteiger partial charge is 0.411 e. The van der Waals surface area contributed by atoms with Crippen molar-refractivity contribution in [1.82, 2.24) is 5.48 Å². The van der Waals surface area contributed by atoms with Crippen LogP contribution in [0.15, 0.2) is 29.4 Å². The highest BCUT2D eigenvalue weighted by Crippen LogP contribution is 2.37. The predicted molar refractivity (Wildman–Crippen MR) is 119 cm³/mol. The molecule has 1 fully saturated rings. The number of amides is 1. The first-order valence-corrected chi connectivity index (χ1v) is 11.8. The molecule has 0 aliphatic heterocycles. The molecule has 1 aromatic carbocycles. The van der Waals surface area contributed by atoms with Crippen LogP contribution in [0, 0.1) is 11.8 Å². The SMILES string of the molecule is O=C(CCCCCCC1C(O)C/C(=N/O)C1CCC(O)CCc1cccc(C(F)(F)F)c1)NO. The Morgan fingerprint density at radius 3 is 2.56 bits per heavy atom. The molecule has 5 N–H and O–H groups in total. The Bertz CT molecular complexity index is 803. The number of hydrogen-bond acceptors (Lipinski definition) is 6. The molecule has 0 heterocycles. The zero-order valence-corrected chi connectivity index (χ0v) is 19.2. The number of halogens is 3. The molecule has 2 rings (SSSR count). The molecule has 7 nitrogen and oxygen atoms in total. The third-order valence-electron chi connectivity index (χ3n) is 6.63. The summed E-state index contributed by atoms with van der Waals surface area (Å²) in [7, 11) is 0. The number of benzene rings is 1. The van der Waals surface area contributed by atoms with Crippen molar-refractivity contribution < 1.29 is 38.6 Å². The summed E-state index contributed by atoms with van der Waals surface area (Å²) in [5, 5.41) is 42.1. The Labute approximate surface area is 197 Å². The number of aliphatic hydroxyl groups is 2. The molecular weight excluding hydrogens is 453 g/mol. The van der Waals surface area contributed by atoms with Crippen LogP contribution in [0.4, 0.5) is 13.2 Å². The van der Waals surface area contributed by atoms with E-state index in [1.807, 2.05) is 0 Å². The minimum atomic E-state index is -4.40. The normalized spacial score (nSPS) is 22.8. The van der Waals surface area contributed by atoms with Crippen LogP contribution < -0.4 is 5.48 Å². The van der Waals surface area contributed by atoms with Crippen LogP contribution in [0.5, 0.6) is 0 Å². The average molecular weight is 489 g/mol. The highest BCUT2D eigenvalue weighted by molar-refractivity contribution is 5.89. The van der Waals surface area contributed by atoms with E-state index in [4.69, 9.17) is 5.21 Å². The number of alkyl halides is 3. The van der Waals surface area contributed by atoms with Crippen LogP contribution in [-0.2, 0) is 17.4 Å². The number of hydroxylamine groups is 1. The summed E-state index contributed by atoms with van der Waals surface area (Å²) in [5.74, 6) is -0.674. The van der Waals surface area contributed by atoms with Crippen molar-refractivity contribution in [3.8, 4) is 0 Å². The summed E-state index contributed by atoms with van der Waals surface area (Å²) in [6.45, 7) is 0. The van der Waals surface area contributed by atoms with E-state index in [0.717, 1.165) is 37.8 Å². The van der Waals surface area contributed by atoms with E-state index < -0.39 is 29.9 Å². The predicted octanol–water partition coefficient (Wildman–Crippen LogP) is 4.45. The van der Waals surface area contributed by atoms with E-state index in [0.29, 0.717) is 43.4 Å². The standard InChI is InChI=1S/C24H35F3N2O5/c25-24(26,27)17-7-5-6-16(14-17)10-11-18(30)12-13-19-20(22(31)15-21(19)28-33)8-3-1-2-4-9-23(32)29-34/h5-7,14,18-20,22,30-31,33-34H,1-4,8-13,15H2,(H,29,32)/b28-21-. The minimum Gasteiger partial charge on any atom is -0.411 e. The van der Waals surface area contributed by atoms with Gasteiger partial charge in [0.15, 0.2) is 0 Å². The lowest BCUT2D eigenvalue weighted by Gasteiger charge is -2.23. The lowest BCUT2D eigenvalue weighted by atomic mass is 9.84. The zero-order valence-electron chi connectivity index (χ0n) is 19.2. The summed E-state index contributed by atoms with van der Waals surface area (Å²) in [5.41, 5.74) is 1.92. The Morgan fingerprint density at radius 1 is 1.15 bits per heavy atom. The summed E-state index contributed by atoms with van der Waals surface area (Å²) >= 11 is 0. The van der Waals surface area contributed by atoms with E-state index >= 15 is 0 Å². The van der Waals surface area contributed by atoms with Gasteiger partial charge in [0, 0.05) is 18.8 Å². The molecule has 0 radical (unpaired) electrons. The van der Waals surface area contributed by atoms with Gasteiger partial charge in [0.25, 0.3) is 0 Å². The van der Waals surface area contributed by atoms with Gasteiger partial charge in [0.1, 0.15) is 0 Å². The number of rotatable bonds is 13. The minimum absolute atomic E-state index is 0.0951. The van der Waals surface area contributed by atoms with Gasteiger partial charge in [-0.25, -0.2) is 5.48 Å². The Morgan fingerprint density at radius 2 is 1.88 bits per heavy atom. The first kappa shape index (κ1) is 28.1. The second kappa shape index (κ2) is 13.7. The molecular formula is C24H35F3N2O5. The highest BCUT2D eigenvalue weighted by atomic mass is 19.4. The monoisotopic (exact) mass is 488 g/mol. The quantitative estimate of drug-likeness (QED) is 0.122. The summed E-state index contributed by atoms with van der Waals surface area (Å²) in [4.78, 5) is 11.0. The molecule has 10 heteroatoms. The molecule has 4 atom stereocenters. The largest absolute Gasteiger partial charge is 0.416 e. The number of unbranched alkanes of at least 4 members (excludes halogenated alkanes) is 3. The molecule has 1 aromatic rings. The molecule has 192 valence electrons. The summed E-state index contributed by atoms with van der Waals surface area (Å²) < 4.78 is 38.6. The van der Waals surface area contributed by atoms with E-state index in [-0.39, 0.29) is 24.7 Å². The maximum absolute atomic E-state index is 12.9. The fourth-order valence-electron chi connectivity index (χ4n) is 4.75. The Balaban J connectivity index is 1.80. The highest BCUT2D eigenvalue weighted by Gasteiger charge is 2.39. The third kappa shape index (κ3) is 8.88. The van der Waals surface area contributed by atoms with Gasteiger partial charge in [-0.15, -0.1) is 0 Å². The lowest BCUT2D eigenvalue weighted by molar-refractivity contribution is -0.137. The molecule has 0 saturated heterocycles. The number of aliphatic hydroxyl groups excluding tert-OH is 2. The van der Waals surface area contributed by atoms with Gasteiger partial charge in [0.05, 0.1) is 23.5 Å². The number of aryl methyl sites for hydroxylation is 1. The number of oxime groups is 1. The molecule has 1 saturated carbocycles. The molecule has 1 aliphatic rings. The Hall–Kier alpha value is -2.17. The second-order valence-electron chi connectivity index (χ2n) is 9.09. The van der Waals surface area contributed by atoms with Crippen LogP contribution >= 0.6 is 0 Å². The maximum Gasteiger partial charge on any atom is 0.416 e. The molecule has 0 aromatic heterocycles. The Kier molecular flexibility index (Phi) is 11.3. The van der Waals surface area contributed by atoms with Gasteiger partial charge >= 0.3 is 6.18 Å². The third-order valence-corrected chi connectivity index (χ3v) is 6.63. The van der Waals surface area contributed by atoms with Crippen molar-refractivity contribution in [1.29, 1.82) is 0 Å². The van der Waals surface area contributed by atoms with Gasteiger partial charge in [-0.1, -0.05) is 42.6 Å². The van der Waals surface area contributed by atoms with E-state index in [2.05, 4.69) is 5.16 Å². The molecule has 1 amide bonds. The van der Waals surface area contributed by atoms with Crippen molar-refractivity contribution in [2.45, 2.75) is 89.0 Å². The molecule has 0 spiro atoms. The van der Waals surface area contributed by atoms with Crippen LogP contribution in [0.2, 0.25) is 0 Å². The zero-order chi connectivity index (χ0) is 25.1. The van der Waals surface area contributed by atoms with Gasteiger partial charge in [-0.2, -0.15) is 13.2 Å². The fraction of sp³-hybridized carbons (Fsp3) is 0.667. The number of carbonyl (C=O) groups is 1. The van der Waals surface area contributed by atoms with Gasteiger partial charge < -0.3 is 15.4 Å². The maximum atomic E-state index is 12.9.